The molecule has 1 saturated carbocycles. The maximum Gasteiger partial charge on any atom is 0.328 e. The first-order valence-corrected chi connectivity index (χ1v) is 10.9. The number of likely N-dealkylation sites (tertiary alicyclic amines) is 1. The van der Waals surface area contributed by atoms with Gasteiger partial charge in [-0.05, 0) is 62.6 Å². The van der Waals surface area contributed by atoms with E-state index in [4.69, 9.17) is 0 Å². The lowest BCUT2D eigenvalue weighted by molar-refractivity contribution is -0.136. The maximum absolute atomic E-state index is 12.4. The molecule has 2 saturated heterocycles. The van der Waals surface area contributed by atoms with Gasteiger partial charge in [-0.2, -0.15) is 5.10 Å². The van der Waals surface area contributed by atoms with E-state index in [1.54, 1.807) is 15.6 Å². The van der Waals surface area contributed by atoms with Gasteiger partial charge in [0.05, 0.1) is 17.4 Å². The Kier molecular flexibility index (Phi) is 4.72. The number of imide groups is 1. The summed E-state index contributed by atoms with van der Waals surface area (Å²) in [6, 6.07) is 4.07. The predicted octanol–water partition coefficient (Wildman–Crippen LogP) is 2.36. The summed E-state index contributed by atoms with van der Waals surface area (Å²) in [7, 11) is 0. The number of fused-ring (bicyclic) bond motifs is 1. The molecule has 2 atom stereocenters. The lowest BCUT2D eigenvalue weighted by Gasteiger charge is -2.38. The lowest BCUT2D eigenvalue weighted by Crippen LogP contribution is -2.49. The van der Waals surface area contributed by atoms with Gasteiger partial charge in [0, 0.05) is 37.7 Å². The van der Waals surface area contributed by atoms with Gasteiger partial charge in [0.15, 0.2) is 0 Å². The Labute approximate surface area is 175 Å². The molecule has 1 aliphatic carbocycles. The normalized spacial score (nSPS) is 25.0. The molecule has 5 rings (SSSR count). The second-order valence-electron chi connectivity index (χ2n) is 8.90. The third-order valence-electron chi connectivity index (χ3n) is 6.63. The van der Waals surface area contributed by atoms with E-state index >= 15 is 0 Å². The summed E-state index contributed by atoms with van der Waals surface area (Å²) < 4.78 is 1.77. The van der Waals surface area contributed by atoms with Crippen LogP contribution in [0.3, 0.4) is 0 Å². The number of nitrogens with one attached hydrogen (secondary N) is 1. The number of nitrogens with zero attached hydrogens (tertiary/aromatic N) is 4. The van der Waals surface area contributed by atoms with Crippen molar-refractivity contribution in [3.63, 3.8) is 0 Å². The fourth-order valence-corrected chi connectivity index (χ4v) is 4.82. The van der Waals surface area contributed by atoms with Crippen LogP contribution in [-0.4, -0.2) is 51.5 Å². The number of carbonyl (C=O) groups excluding carboxylic acids is 3. The molecule has 3 fully saturated rings. The number of carbonyl (C=O) groups is 3. The molecule has 1 N–H and O–H groups in total. The van der Waals surface area contributed by atoms with Crippen LogP contribution in [0.1, 0.15) is 44.6 Å². The fourth-order valence-electron chi connectivity index (χ4n) is 4.82. The number of hydrogen-bond acceptors (Lipinski definition) is 4. The van der Waals surface area contributed by atoms with E-state index in [0.717, 1.165) is 49.9 Å². The maximum atomic E-state index is 12.4. The molecule has 0 bridgehead atoms. The zero-order valence-electron chi connectivity index (χ0n) is 17.2. The molecule has 3 aliphatic rings. The summed E-state index contributed by atoms with van der Waals surface area (Å²) in [4.78, 5) is 39.8. The first-order chi connectivity index (χ1) is 14.5. The first kappa shape index (κ1) is 19.1. The lowest BCUT2D eigenvalue weighted by atomic mass is 9.86. The highest BCUT2D eigenvalue weighted by molar-refractivity contribution is 6.07. The van der Waals surface area contributed by atoms with E-state index in [1.807, 2.05) is 6.20 Å². The SMILES string of the molecule is C[C@H]1C[C@H](Cc2ccn3ncc(N4CCC(=O)NC4=O)c3c2)CCN1C(=O)C1CC1. The van der Waals surface area contributed by atoms with Crippen molar-refractivity contribution in [3.05, 3.63) is 30.1 Å². The number of urea groups is 1. The molecule has 8 nitrogen and oxygen atoms in total. The Bertz CT molecular complexity index is 1010. The number of rotatable bonds is 4. The van der Waals surface area contributed by atoms with Gasteiger partial charge in [0.2, 0.25) is 11.8 Å². The number of anilines is 1. The molecule has 2 aliphatic heterocycles. The van der Waals surface area contributed by atoms with Crippen molar-refractivity contribution in [2.75, 3.05) is 18.0 Å². The van der Waals surface area contributed by atoms with Gasteiger partial charge in [-0.1, -0.05) is 0 Å². The monoisotopic (exact) mass is 409 g/mol. The summed E-state index contributed by atoms with van der Waals surface area (Å²) in [5, 5.41) is 6.74. The largest absolute Gasteiger partial charge is 0.340 e. The summed E-state index contributed by atoms with van der Waals surface area (Å²) in [6.45, 7) is 3.38. The Hall–Kier alpha value is -2.90. The minimum absolute atomic E-state index is 0.242. The molecule has 2 aromatic rings. The first-order valence-electron chi connectivity index (χ1n) is 10.9. The number of piperidine rings is 1. The van der Waals surface area contributed by atoms with E-state index in [1.165, 1.54) is 5.56 Å². The van der Waals surface area contributed by atoms with Gasteiger partial charge < -0.3 is 4.90 Å². The molecule has 2 aromatic heterocycles. The van der Waals surface area contributed by atoms with E-state index in [0.29, 0.717) is 30.8 Å². The van der Waals surface area contributed by atoms with Crippen LogP contribution in [0.2, 0.25) is 0 Å². The predicted molar refractivity (Wildman–Crippen MR) is 111 cm³/mol. The fraction of sp³-hybridized carbons (Fsp3) is 0.545. The van der Waals surface area contributed by atoms with Gasteiger partial charge in [-0.25, -0.2) is 9.31 Å². The molecule has 158 valence electrons. The van der Waals surface area contributed by atoms with Crippen LogP contribution in [0.25, 0.3) is 5.52 Å². The zero-order valence-corrected chi connectivity index (χ0v) is 17.2. The Morgan fingerprint density at radius 3 is 2.80 bits per heavy atom. The Morgan fingerprint density at radius 1 is 1.23 bits per heavy atom. The van der Waals surface area contributed by atoms with E-state index in [2.05, 4.69) is 34.4 Å². The second kappa shape index (κ2) is 7.41. The number of hydrogen-bond donors (Lipinski definition) is 1. The third-order valence-corrected chi connectivity index (χ3v) is 6.63. The molecule has 0 aromatic carbocycles. The Balaban J connectivity index is 1.30. The number of amides is 4. The van der Waals surface area contributed by atoms with Gasteiger partial charge >= 0.3 is 6.03 Å². The van der Waals surface area contributed by atoms with Crippen LogP contribution in [0.4, 0.5) is 10.5 Å². The molecular weight excluding hydrogens is 382 g/mol. The standard InChI is InChI=1S/C22H27N5O3/c1-14-10-15(4-7-25(14)21(29)17-2-3-17)11-16-5-9-27-18(12-16)19(13-23-27)26-8-6-20(28)24-22(26)30/h5,9,12-15,17H,2-4,6-8,10-11H2,1H3,(H,24,28,30)/t14-,15+/m0/s1. The molecule has 4 heterocycles. The highest BCUT2D eigenvalue weighted by Crippen LogP contribution is 2.35. The highest BCUT2D eigenvalue weighted by Gasteiger charge is 2.37. The van der Waals surface area contributed by atoms with Crippen LogP contribution in [-0.2, 0) is 16.0 Å². The highest BCUT2D eigenvalue weighted by atomic mass is 16.2. The van der Waals surface area contributed by atoms with Gasteiger partial charge in [0.25, 0.3) is 0 Å². The smallest absolute Gasteiger partial charge is 0.328 e. The molecule has 0 unspecified atom stereocenters. The van der Waals surface area contributed by atoms with Crippen molar-refractivity contribution >= 4 is 29.0 Å². The van der Waals surface area contributed by atoms with Crippen molar-refractivity contribution < 1.29 is 14.4 Å². The van der Waals surface area contributed by atoms with Gasteiger partial charge in [0.1, 0.15) is 0 Å². The molecule has 4 amide bonds. The number of pyridine rings is 1. The third kappa shape index (κ3) is 3.55. The minimum atomic E-state index is -0.395. The molecule has 0 radical (unpaired) electrons. The average Bonchev–Trinajstić information content (AvgIpc) is 3.49. The van der Waals surface area contributed by atoms with Crippen LogP contribution < -0.4 is 10.2 Å². The quantitative estimate of drug-likeness (QED) is 0.840. The minimum Gasteiger partial charge on any atom is -0.340 e. The summed E-state index contributed by atoms with van der Waals surface area (Å²) in [5.41, 5.74) is 2.79. The van der Waals surface area contributed by atoms with E-state index < -0.39 is 6.03 Å². The Morgan fingerprint density at radius 2 is 2.07 bits per heavy atom. The zero-order chi connectivity index (χ0) is 20.8. The molecular formula is C22H27N5O3. The van der Waals surface area contributed by atoms with Crippen molar-refractivity contribution in [2.45, 2.75) is 51.5 Å². The average molecular weight is 409 g/mol. The molecule has 0 spiro atoms. The van der Waals surface area contributed by atoms with Crippen molar-refractivity contribution in [1.29, 1.82) is 0 Å². The van der Waals surface area contributed by atoms with Crippen molar-refractivity contribution in [3.8, 4) is 0 Å². The molecule has 30 heavy (non-hydrogen) atoms. The van der Waals surface area contributed by atoms with Crippen LogP contribution >= 0.6 is 0 Å². The van der Waals surface area contributed by atoms with Gasteiger partial charge in [-0.3, -0.25) is 19.8 Å². The van der Waals surface area contributed by atoms with Crippen LogP contribution in [0.15, 0.2) is 24.5 Å². The van der Waals surface area contributed by atoms with Crippen LogP contribution in [0.5, 0.6) is 0 Å². The van der Waals surface area contributed by atoms with Crippen LogP contribution in [0, 0.1) is 11.8 Å². The van der Waals surface area contributed by atoms with Crippen molar-refractivity contribution in [2.24, 2.45) is 11.8 Å². The van der Waals surface area contributed by atoms with E-state index in [9.17, 15) is 14.4 Å². The topological polar surface area (TPSA) is 87.0 Å². The van der Waals surface area contributed by atoms with Gasteiger partial charge in [-0.15, -0.1) is 0 Å². The summed E-state index contributed by atoms with van der Waals surface area (Å²) >= 11 is 0. The summed E-state index contributed by atoms with van der Waals surface area (Å²) in [5.74, 6) is 0.931. The van der Waals surface area contributed by atoms with Crippen molar-refractivity contribution in [1.82, 2.24) is 19.8 Å². The second-order valence-corrected chi connectivity index (χ2v) is 8.90. The number of aromatic nitrogens is 2. The summed E-state index contributed by atoms with van der Waals surface area (Å²) in [6.07, 6.45) is 9.00. The molecule has 8 heteroatoms. The van der Waals surface area contributed by atoms with E-state index in [-0.39, 0.29) is 11.8 Å².